The summed E-state index contributed by atoms with van der Waals surface area (Å²) in [5.41, 5.74) is 1.83. The molecule has 5 nitrogen and oxygen atoms in total. The summed E-state index contributed by atoms with van der Waals surface area (Å²) in [6.07, 6.45) is 1.63. The molecule has 4 rings (SSSR count). The highest BCUT2D eigenvalue weighted by Gasteiger charge is 2.42. The van der Waals surface area contributed by atoms with Crippen LogP contribution in [0.15, 0.2) is 48.7 Å². The van der Waals surface area contributed by atoms with Crippen molar-refractivity contribution in [2.75, 3.05) is 20.1 Å². The van der Waals surface area contributed by atoms with E-state index in [1.807, 2.05) is 18.0 Å². The smallest absolute Gasteiger partial charge is 0.259 e. The van der Waals surface area contributed by atoms with Gasteiger partial charge in [-0.2, -0.15) is 0 Å². The number of carbonyl (C=O) groups excluding carboxylic acids is 1. The van der Waals surface area contributed by atoms with Crippen LogP contribution in [0.4, 0.5) is 0 Å². The number of hydrogen-bond acceptors (Lipinski definition) is 4. The molecule has 23 heavy (non-hydrogen) atoms. The Labute approximate surface area is 135 Å². The zero-order valence-electron chi connectivity index (χ0n) is 13.1. The van der Waals surface area contributed by atoms with Gasteiger partial charge >= 0.3 is 0 Å². The Morgan fingerprint density at radius 1 is 1.17 bits per heavy atom. The summed E-state index contributed by atoms with van der Waals surface area (Å²) in [4.78, 5) is 21.0. The van der Waals surface area contributed by atoms with Crippen molar-refractivity contribution in [1.82, 2.24) is 14.8 Å². The van der Waals surface area contributed by atoms with Gasteiger partial charge in [-0.05, 0) is 17.7 Å². The Morgan fingerprint density at radius 2 is 2.00 bits per heavy atom. The quantitative estimate of drug-likeness (QED) is 0.848. The first-order chi connectivity index (χ1) is 11.2. The van der Waals surface area contributed by atoms with Gasteiger partial charge < -0.3 is 9.64 Å². The molecule has 2 aliphatic heterocycles. The average molecular weight is 309 g/mol. The summed E-state index contributed by atoms with van der Waals surface area (Å²) < 4.78 is 6.07. The molecular formula is C18H19N3O2. The molecule has 0 bridgehead atoms. The predicted octanol–water partition coefficient (Wildman–Crippen LogP) is 1.80. The lowest BCUT2D eigenvalue weighted by Gasteiger charge is -2.25. The van der Waals surface area contributed by atoms with Crippen molar-refractivity contribution in [2.24, 2.45) is 0 Å². The summed E-state index contributed by atoms with van der Waals surface area (Å²) in [5, 5.41) is 0. The van der Waals surface area contributed by atoms with Gasteiger partial charge in [0.25, 0.3) is 5.91 Å². The van der Waals surface area contributed by atoms with Gasteiger partial charge in [-0.15, -0.1) is 0 Å². The van der Waals surface area contributed by atoms with Crippen molar-refractivity contribution in [3.63, 3.8) is 0 Å². The Balaban J connectivity index is 1.57. The molecule has 2 atom stereocenters. The van der Waals surface area contributed by atoms with Crippen molar-refractivity contribution < 1.29 is 9.53 Å². The molecule has 1 fully saturated rings. The molecule has 0 spiro atoms. The molecule has 1 amide bonds. The number of likely N-dealkylation sites (tertiary alicyclic amines) is 1. The van der Waals surface area contributed by atoms with Crippen LogP contribution in [0, 0.1) is 0 Å². The Morgan fingerprint density at radius 3 is 2.83 bits per heavy atom. The van der Waals surface area contributed by atoms with E-state index in [9.17, 15) is 4.79 Å². The van der Waals surface area contributed by atoms with Crippen molar-refractivity contribution >= 4 is 5.91 Å². The van der Waals surface area contributed by atoms with Gasteiger partial charge in [0.15, 0.2) is 0 Å². The fraction of sp³-hybridized carbons (Fsp3) is 0.333. The van der Waals surface area contributed by atoms with Crippen LogP contribution in [-0.2, 0) is 6.54 Å². The molecule has 1 saturated heterocycles. The van der Waals surface area contributed by atoms with Gasteiger partial charge in [0, 0.05) is 32.9 Å². The van der Waals surface area contributed by atoms with Gasteiger partial charge in [-0.1, -0.05) is 30.3 Å². The molecule has 2 aromatic rings. The number of amides is 1. The second kappa shape index (κ2) is 5.66. The lowest BCUT2D eigenvalue weighted by molar-refractivity contribution is 0.0680. The van der Waals surface area contributed by atoms with Crippen LogP contribution in [0.1, 0.15) is 15.9 Å². The van der Waals surface area contributed by atoms with Crippen LogP contribution in [0.5, 0.6) is 5.88 Å². The first-order valence-electron chi connectivity index (χ1n) is 7.87. The second-order valence-electron chi connectivity index (χ2n) is 6.18. The van der Waals surface area contributed by atoms with Crippen molar-refractivity contribution in [1.29, 1.82) is 0 Å². The first kappa shape index (κ1) is 14.2. The molecule has 118 valence electrons. The molecular weight excluding hydrogens is 290 g/mol. The third kappa shape index (κ3) is 2.57. The summed E-state index contributed by atoms with van der Waals surface area (Å²) >= 11 is 0. The van der Waals surface area contributed by atoms with Crippen LogP contribution in [0.2, 0.25) is 0 Å². The minimum Gasteiger partial charge on any atom is -0.470 e. The third-order valence-corrected chi connectivity index (χ3v) is 4.64. The lowest BCUT2D eigenvalue weighted by atomic mass is 10.2. The number of likely N-dealkylation sites (N-methyl/N-ethyl adjacent to an activating group) is 1. The maximum absolute atomic E-state index is 12.6. The zero-order chi connectivity index (χ0) is 15.8. The van der Waals surface area contributed by atoms with Crippen LogP contribution in [0.3, 0.4) is 0 Å². The molecule has 0 N–H and O–H groups in total. The normalized spacial score (nSPS) is 23.9. The Kier molecular flexibility index (Phi) is 3.50. The van der Waals surface area contributed by atoms with Crippen molar-refractivity contribution in [3.05, 3.63) is 59.8 Å². The van der Waals surface area contributed by atoms with Gasteiger partial charge in [0.2, 0.25) is 5.88 Å². The van der Waals surface area contributed by atoms with Gasteiger partial charge in [0.1, 0.15) is 11.7 Å². The van der Waals surface area contributed by atoms with E-state index < -0.39 is 0 Å². The number of ether oxygens (including phenoxy) is 1. The highest BCUT2D eigenvalue weighted by Crippen LogP contribution is 2.29. The number of aromatic nitrogens is 1. The highest BCUT2D eigenvalue weighted by atomic mass is 16.5. The van der Waals surface area contributed by atoms with Crippen LogP contribution in [0.25, 0.3) is 0 Å². The second-order valence-corrected chi connectivity index (χ2v) is 6.18. The van der Waals surface area contributed by atoms with Crippen LogP contribution >= 0.6 is 0 Å². The van der Waals surface area contributed by atoms with E-state index in [2.05, 4.69) is 34.1 Å². The molecule has 1 aromatic carbocycles. The van der Waals surface area contributed by atoms with Gasteiger partial charge in [0.05, 0.1) is 6.04 Å². The molecule has 0 radical (unpaired) electrons. The number of hydrogen-bond donors (Lipinski definition) is 0. The molecule has 2 unspecified atom stereocenters. The number of benzene rings is 1. The van der Waals surface area contributed by atoms with E-state index in [1.165, 1.54) is 5.56 Å². The Bertz CT molecular complexity index is 719. The summed E-state index contributed by atoms with van der Waals surface area (Å²) in [6, 6.07) is 14.0. The molecule has 0 saturated carbocycles. The summed E-state index contributed by atoms with van der Waals surface area (Å²) in [6.45, 7) is 2.48. The maximum Gasteiger partial charge on any atom is 0.259 e. The largest absolute Gasteiger partial charge is 0.470 e. The number of rotatable bonds is 2. The van der Waals surface area contributed by atoms with Crippen molar-refractivity contribution in [2.45, 2.75) is 18.7 Å². The first-order valence-corrected chi connectivity index (χ1v) is 7.87. The minimum atomic E-state index is -0.0381. The van der Waals surface area contributed by atoms with E-state index in [4.69, 9.17) is 4.74 Å². The van der Waals surface area contributed by atoms with E-state index in [-0.39, 0.29) is 18.1 Å². The number of fused-ring (bicyclic) bond motifs is 2. The molecule has 2 aliphatic rings. The highest BCUT2D eigenvalue weighted by molar-refractivity contribution is 5.96. The lowest BCUT2D eigenvalue weighted by Crippen LogP contribution is -2.44. The summed E-state index contributed by atoms with van der Waals surface area (Å²) in [5.74, 6) is 0.445. The fourth-order valence-corrected chi connectivity index (χ4v) is 3.42. The molecule has 5 heteroatoms. The Hall–Kier alpha value is -2.40. The maximum atomic E-state index is 12.6. The van der Waals surface area contributed by atoms with Gasteiger partial charge in [-0.25, -0.2) is 4.98 Å². The summed E-state index contributed by atoms with van der Waals surface area (Å²) in [7, 11) is 1.86. The average Bonchev–Trinajstić information content (AvgIpc) is 2.93. The van der Waals surface area contributed by atoms with Gasteiger partial charge in [-0.3, -0.25) is 9.69 Å². The van der Waals surface area contributed by atoms with E-state index in [1.54, 1.807) is 18.3 Å². The van der Waals surface area contributed by atoms with Crippen LogP contribution < -0.4 is 4.74 Å². The minimum absolute atomic E-state index is 0.0119. The van der Waals surface area contributed by atoms with Crippen LogP contribution in [-0.4, -0.2) is 53.0 Å². The monoisotopic (exact) mass is 309 g/mol. The molecule has 3 heterocycles. The standard InChI is InChI=1S/C18H19N3O2/c1-20-15-11-21(10-13-6-3-2-4-7-13)12-16(15)23-17-14(18(20)22)8-5-9-19-17/h2-9,15-16H,10-12H2,1H3. The number of nitrogens with zero attached hydrogens (tertiary/aromatic N) is 3. The number of pyridine rings is 1. The number of carbonyl (C=O) groups is 1. The topological polar surface area (TPSA) is 45.7 Å². The predicted molar refractivity (Wildman–Crippen MR) is 86.3 cm³/mol. The van der Waals surface area contributed by atoms with E-state index >= 15 is 0 Å². The molecule has 1 aromatic heterocycles. The van der Waals surface area contributed by atoms with E-state index in [0.29, 0.717) is 11.4 Å². The fourth-order valence-electron chi connectivity index (χ4n) is 3.42. The molecule has 0 aliphatic carbocycles. The third-order valence-electron chi connectivity index (χ3n) is 4.64. The van der Waals surface area contributed by atoms with Crippen molar-refractivity contribution in [3.8, 4) is 5.88 Å². The van der Waals surface area contributed by atoms with E-state index in [0.717, 1.165) is 19.6 Å². The SMILES string of the molecule is CN1C(=O)c2cccnc2OC2CN(Cc3ccccc3)CC21. The zero-order valence-corrected chi connectivity index (χ0v) is 13.1.